The summed E-state index contributed by atoms with van der Waals surface area (Å²) in [6.07, 6.45) is 3.67. The maximum atomic E-state index is 14.2. The Balaban J connectivity index is 1.23. The van der Waals surface area contributed by atoms with Crippen molar-refractivity contribution >= 4 is 23.2 Å². The standard InChI is InChI=1S/C26H29ClFN5O3/c1-14-24(27)15(2)33-25(29-14)21-12-31(13-22(21)30-33)26(35)20-6-3-16(28)9-23(20)36-19-10-17-4-5-18(11-19)32(17)7-8-34/h3,6,9,17-19,34H,4-5,7-8,10-13H2,1-2H3/t17-,18?,19+/m1/s1. The fourth-order valence-electron chi connectivity index (χ4n) is 6.18. The van der Waals surface area contributed by atoms with E-state index in [4.69, 9.17) is 16.3 Å². The third-order valence-corrected chi connectivity index (χ3v) is 8.46. The lowest BCUT2D eigenvalue weighted by molar-refractivity contribution is 0.0380. The van der Waals surface area contributed by atoms with Crippen LogP contribution in [-0.2, 0) is 13.1 Å². The molecule has 3 aliphatic heterocycles. The maximum absolute atomic E-state index is 14.2. The fraction of sp³-hybridized carbons (Fsp3) is 0.500. The molecule has 3 aromatic rings. The van der Waals surface area contributed by atoms with Crippen molar-refractivity contribution in [3.63, 3.8) is 0 Å². The van der Waals surface area contributed by atoms with Crippen molar-refractivity contribution in [3.05, 3.63) is 57.2 Å². The molecule has 190 valence electrons. The number of aliphatic hydroxyl groups is 1. The van der Waals surface area contributed by atoms with Crippen LogP contribution in [0.4, 0.5) is 4.39 Å². The van der Waals surface area contributed by atoms with Crippen LogP contribution in [0.5, 0.6) is 5.75 Å². The lowest BCUT2D eigenvalue weighted by Crippen LogP contribution is -2.47. The number of fused-ring (bicyclic) bond motifs is 5. The predicted molar refractivity (Wildman–Crippen MR) is 132 cm³/mol. The number of aromatic nitrogens is 3. The Morgan fingerprint density at radius 2 is 1.97 bits per heavy atom. The van der Waals surface area contributed by atoms with E-state index in [0.717, 1.165) is 48.3 Å². The lowest BCUT2D eigenvalue weighted by atomic mass is 9.99. The van der Waals surface area contributed by atoms with Gasteiger partial charge in [-0.1, -0.05) is 11.6 Å². The second kappa shape index (κ2) is 8.97. The van der Waals surface area contributed by atoms with E-state index in [-0.39, 0.29) is 24.4 Å². The highest BCUT2D eigenvalue weighted by Crippen LogP contribution is 2.38. The monoisotopic (exact) mass is 513 g/mol. The van der Waals surface area contributed by atoms with E-state index in [0.29, 0.717) is 48.0 Å². The average Bonchev–Trinajstić information content (AvgIpc) is 3.48. The first kappa shape index (κ1) is 23.6. The molecule has 2 bridgehead atoms. The Bertz CT molecular complexity index is 1350. The molecule has 2 saturated heterocycles. The number of nitrogens with zero attached hydrogens (tertiary/aromatic N) is 5. The van der Waals surface area contributed by atoms with E-state index in [9.17, 15) is 14.3 Å². The van der Waals surface area contributed by atoms with Gasteiger partial charge in [-0.05, 0) is 51.7 Å². The molecule has 0 spiro atoms. The number of ether oxygens (including phenoxy) is 1. The summed E-state index contributed by atoms with van der Waals surface area (Å²) in [6, 6.07) is 4.84. The summed E-state index contributed by atoms with van der Waals surface area (Å²) in [5.41, 5.74) is 4.30. The molecule has 3 atom stereocenters. The maximum Gasteiger partial charge on any atom is 0.258 e. The van der Waals surface area contributed by atoms with Gasteiger partial charge in [0.1, 0.15) is 17.7 Å². The second-order valence-electron chi connectivity index (χ2n) is 10.1. The van der Waals surface area contributed by atoms with E-state index in [1.807, 2.05) is 13.8 Å². The number of benzene rings is 1. The van der Waals surface area contributed by atoms with Crippen molar-refractivity contribution in [1.82, 2.24) is 24.4 Å². The number of hydrogen-bond donors (Lipinski definition) is 1. The van der Waals surface area contributed by atoms with Gasteiger partial charge in [0.2, 0.25) is 0 Å². The normalized spacial score (nSPS) is 23.5. The SMILES string of the molecule is Cc1nc2c3c(nn2c(C)c1Cl)CN(C(=O)c1ccc(F)cc1O[C@@H]1CC2CC[C@H](C1)N2CCO)C3. The topological polar surface area (TPSA) is 83.2 Å². The molecule has 0 radical (unpaired) electrons. The van der Waals surface area contributed by atoms with Crippen molar-refractivity contribution in [2.24, 2.45) is 0 Å². The summed E-state index contributed by atoms with van der Waals surface area (Å²) < 4.78 is 22.3. The zero-order valence-electron chi connectivity index (χ0n) is 20.4. The fourth-order valence-corrected chi connectivity index (χ4v) is 6.30. The van der Waals surface area contributed by atoms with Crippen LogP contribution in [0.3, 0.4) is 0 Å². The number of aliphatic hydroxyl groups excluding tert-OH is 1. The molecule has 36 heavy (non-hydrogen) atoms. The van der Waals surface area contributed by atoms with Crippen molar-refractivity contribution in [2.45, 2.75) is 70.8 Å². The van der Waals surface area contributed by atoms with Gasteiger partial charge in [0.15, 0.2) is 5.65 Å². The predicted octanol–water partition coefficient (Wildman–Crippen LogP) is 3.66. The van der Waals surface area contributed by atoms with Crippen LogP contribution >= 0.6 is 11.6 Å². The zero-order valence-corrected chi connectivity index (χ0v) is 21.1. The molecule has 3 aliphatic rings. The molecule has 6 rings (SSSR count). The third kappa shape index (κ3) is 3.84. The molecule has 1 amide bonds. The number of halogens is 2. The number of piperidine rings is 1. The molecular weight excluding hydrogens is 485 g/mol. The minimum Gasteiger partial charge on any atom is -0.489 e. The highest BCUT2D eigenvalue weighted by atomic mass is 35.5. The number of rotatable bonds is 5. The van der Waals surface area contributed by atoms with E-state index >= 15 is 0 Å². The first-order chi connectivity index (χ1) is 17.3. The Morgan fingerprint density at radius 1 is 1.22 bits per heavy atom. The van der Waals surface area contributed by atoms with Crippen LogP contribution in [0.2, 0.25) is 5.02 Å². The number of carbonyl (C=O) groups excluding carboxylic acids is 1. The molecule has 1 aromatic carbocycles. The molecule has 0 aliphatic carbocycles. The van der Waals surface area contributed by atoms with Crippen LogP contribution in [0.1, 0.15) is 58.7 Å². The molecular formula is C26H29ClFN5O3. The van der Waals surface area contributed by atoms with Crippen LogP contribution in [0, 0.1) is 19.7 Å². The number of carbonyl (C=O) groups is 1. The minimum absolute atomic E-state index is 0.0920. The Hall–Kier alpha value is -2.75. The van der Waals surface area contributed by atoms with Gasteiger partial charge in [0, 0.05) is 30.3 Å². The van der Waals surface area contributed by atoms with Crippen molar-refractivity contribution < 1.29 is 19.0 Å². The van der Waals surface area contributed by atoms with E-state index in [1.54, 1.807) is 9.42 Å². The van der Waals surface area contributed by atoms with Gasteiger partial charge in [-0.3, -0.25) is 9.69 Å². The van der Waals surface area contributed by atoms with Gasteiger partial charge in [-0.15, -0.1) is 0 Å². The number of amides is 1. The first-order valence-electron chi connectivity index (χ1n) is 12.5. The largest absolute Gasteiger partial charge is 0.489 e. The van der Waals surface area contributed by atoms with E-state index < -0.39 is 5.82 Å². The van der Waals surface area contributed by atoms with Crippen molar-refractivity contribution in [2.75, 3.05) is 13.2 Å². The lowest BCUT2D eigenvalue weighted by Gasteiger charge is -2.38. The summed E-state index contributed by atoms with van der Waals surface area (Å²) in [4.78, 5) is 22.3. The number of aryl methyl sites for hydroxylation is 2. The molecule has 10 heteroatoms. The van der Waals surface area contributed by atoms with Crippen LogP contribution in [-0.4, -0.2) is 66.8 Å². The smallest absolute Gasteiger partial charge is 0.258 e. The molecule has 1 N–H and O–H groups in total. The van der Waals surface area contributed by atoms with Crippen molar-refractivity contribution in [3.8, 4) is 5.75 Å². The minimum atomic E-state index is -0.434. The Kier molecular flexibility index (Phi) is 5.89. The van der Waals surface area contributed by atoms with Crippen LogP contribution in [0.25, 0.3) is 5.65 Å². The Labute approximate surface area is 213 Å². The summed E-state index contributed by atoms with van der Waals surface area (Å²) in [5.74, 6) is -0.365. The molecule has 5 heterocycles. The Morgan fingerprint density at radius 3 is 2.69 bits per heavy atom. The highest BCUT2D eigenvalue weighted by Gasteiger charge is 2.41. The van der Waals surface area contributed by atoms with Gasteiger partial charge < -0.3 is 14.7 Å². The van der Waals surface area contributed by atoms with Crippen LogP contribution < -0.4 is 4.74 Å². The van der Waals surface area contributed by atoms with E-state index in [1.165, 1.54) is 18.2 Å². The third-order valence-electron chi connectivity index (χ3n) is 7.91. The molecule has 2 aromatic heterocycles. The zero-order chi connectivity index (χ0) is 25.1. The second-order valence-corrected chi connectivity index (χ2v) is 10.5. The summed E-state index contributed by atoms with van der Waals surface area (Å²) in [7, 11) is 0. The summed E-state index contributed by atoms with van der Waals surface area (Å²) >= 11 is 6.35. The molecule has 0 saturated carbocycles. The van der Waals surface area contributed by atoms with Gasteiger partial charge in [0.25, 0.3) is 5.91 Å². The van der Waals surface area contributed by atoms with Crippen LogP contribution in [0.15, 0.2) is 18.2 Å². The van der Waals surface area contributed by atoms with Gasteiger partial charge in [-0.2, -0.15) is 5.10 Å². The molecule has 2 fully saturated rings. The highest BCUT2D eigenvalue weighted by molar-refractivity contribution is 6.31. The van der Waals surface area contributed by atoms with Gasteiger partial charge in [-0.25, -0.2) is 13.9 Å². The summed E-state index contributed by atoms with van der Waals surface area (Å²) in [6.45, 7) is 5.28. The molecule has 1 unspecified atom stereocenters. The first-order valence-corrected chi connectivity index (χ1v) is 12.9. The van der Waals surface area contributed by atoms with Gasteiger partial charge >= 0.3 is 0 Å². The quantitative estimate of drug-likeness (QED) is 0.560. The number of hydrogen-bond acceptors (Lipinski definition) is 6. The molecule has 8 nitrogen and oxygen atoms in total. The van der Waals surface area contributed by atoms with E-state index in [2.05, 4.69) is 15.0 Å². The summed E-state index contributed by atoms with van der Waals surface area (Å²) in [5, 5.41) is 14.6. The average molecular weight is 514 g/mol. The van der Waals surface area contributed by atoms with Crippen molar-refractivity contribution in [1.29, 1.82) is 0 Å². The van der Waals surface area contributed by atoms with Gasteiger partial charge in [0.05, 0.1) is 47.4 Å².